The molecule has 0 spiro atoms. The summed E-state index contributed by atoms with van der Waals surface area (Å²) in [5, 5.41) is 15.3. The van der Waals surface area contributed by atoms with Gasteiger partial charge in [-0.15, -0.1) is 5.10 Å². The minimum atomic E-state index is -0.145. The number of amides is 1. The van der Waals surface area contributed by atoms with E-state index in [4.69, 9.17) is 0 Å². The fourth-order valence-corrected chi connectivity index (χ4v) is 3.24. The van der Waals surface area contributed by atoms with Gasteiger partial charge in [-0.1, -0.05) is 6.92 Å². The minimum Gasteiger partial charge on any atom is -0.347 e. The molecule has 0 bridgehead atoms. The first-order valence-electron chi connectivity index (χ1n) is 8.90. The third-order valence-corrected chi connectivity index (χ3v) is 4.55. The Labute approximate surface area is 156 Å². The lowest BCUT2D eigenvalue weighted by Crippen LogP contribution is -2.12. The molecule has 0 saturated heterocycles. The van der Waals surface area contributed by atoms with Crippen molar-refractivity contribution in [3.8, 4) is 5.69 Å². The number of fused-ring (bicyclic) bond motifs is 1. The van der Waals surface area contributed by atoms with Crippen LogP contribution in [0.1, 0.15) is 29.3 Å². The summed E-state index contributed by atoms with van der Waals surface area (Å²) in [6, 6.07) is 13.5. The largest absolute Gasteiger partial charge is 0.347 e. The highest BCUT2D eigenvalue weighted by Crippen LogP contribution is 2.22. The Kier molecular flexibility index (Phi) is 4.42. The van der Waals surface area contributed by atoms with Crippen LogP contribution in [0.15, 0.2) is 55.0 Å². The molecule has 4 aromatic rings. The topological polar surface area (TPSA) is 77.6 Å². The lowest BCUT2D eigenvalue weighted by atomic mass is 10.1. The van der Waals surface area contributed by atoms with Crippen LogP contribution in [-0.4, -0.2) is 30.7 Å². The Bertz CT molecular complexity index is 1100. The van der Waals surface area contributed by atoms with Crippen LogP contribution in [0.25, 0.3) is 16.6 Å². The number of benzene rings is 2. The number of carbonyl (C=O) groups is 1. The maximum atomic E-state index is 12.6. The molecule has 0 atom stereocenters. The van der Waals surface area contributed by atoms with Crippen molar-refractivity contribution in [2.75, 3.05) is 5.32 Å². The van der Waals surface area contributed by atoms with Crippen LogP contribution in [0, 0.1) is 6.92 Å². The van der Waals surface area contributed by atoms with Gasteiger partial charge in [-0.05, 0) is 71.8 Å². The molecular formula is C20H20N6O. The van der Waals surface area contributed by atoms with Gasteiger partial charge in [0.05, 0.1) is 5.69 Å². The van der Waals surface area contributed by atoms with E-state index < -0.39 is 0 Å². The fourth-order valence-electron chi connectivity index (χ4n) is 3.24. The second-order valence-electron chi connectivity index (χ2n) is 6.49. The molecule has 136 valence electrons. The van der Waals surface area contributed by atoms with Crippen molar-refractivity contribution in [3.05, 3.63) is 66.1 Å². The van der Waals surface area contributed by atoms with E-state index in [9.17, 15) is 4.79 Å². The molecule has 7 nitrogen and oxygen atoms in total. The number of rotatable bonds is 5. The van der Waals surface area contributed by atoms with E-state index in [0.717, 1.165) is 35.3 Å². The van der Waals surface area contributed by atoms with E-state index >= 15 is 0 Å². The molecule has 1 amide bonds. The summed E-state index contributed by atoms with van der Waals surface area (Å²) in [4.78, 5) is 12.6. The average molecular weight is 360 g/mol. The van der Waals surface area contributed by atoms with Gasteiger partial charge < -0.3 is 9.88 Å². The summed E-state index contributed by atoms with van der Waals surface area (Å²) in [6.45, 7) is 5.07. The number of hydrogen-bond donors (Lipinski definition) is 1. The van der Waals surface area contributed by atoms with Crippen molar-refractivity contribution in [2.45, 2.75) is 26.8 Å². The van der Waals surface area contributed by atoms with E-state index in [-0.39, 0.29) is 5.91 Å². The summed E-state index contributed by atoms with van der Waals surface area (Å²) in [6.07, 6.45) is 4.70. The summed E-state index contributed by atoms with van der Waals surface area (Å²) in [7, 11) is 0. The summed E-state index contributed by atoms with van der Waals surface area (Å²) in [5.74, 6) is -0.145. The maximum Gasteiger partial charge on any atom is 0.255 e. The molecule has 4 rings (SSSR count). The number of aromatic nitrogens is 5. The number of anilines is 1. The zero-order chi connectivity index (χ0) is 18.8. The highest BCUT2D eigenvalue weighted by Gasteiger charge is 2.11. The first kappa shape index (κ1) is 17.0. The quantitative estimate of drug-likeness (QED) is 0.590. The molecule has 1 N–H and O–H groups in total. The number of aryl methyl sites for hydroxylation is 2. The number of hydrogen-bond acceptors (Lipinski definition) is 4. The summed E-state index contributed by atoms with van der Waals surface area (Å²) >= 11 is 0. The van der Waals surface area contributed by atoms with Crippen LogP contribution in [0.3, 0.4) is 0 Å². The SMILES string of the molecule is CCCn1ccc2cc(NC(=O)c3ccc(-n4cnnn4)c(C)c3)ccc21. The normalized spacial score (nSPS) is 11.0. The molecule has 2 heterocycles. The van der Waals surface area contributed by atoms with Crippen molar-refractivity contribution in [1.29, 1.82) is 0 Å². The zero-order valence-corrected chi connectivity index (χ0v) is 15.3. The monoisotopic (exact) mass is 360 g/mol. The van der Waals surface area contributed by atoms with Gasteiger partial charge >= 0.3 is 0 Å². The molecule has 2 aromatic carbocycles. The second kappa shape index (κ2) is 7.03. The van der Waals surface area contributed by atoms with Crippen LogP contribution in [-0.2, 0) is 6.54 Å². The predicted octanol–water partition coefficient (Wildman–Crippen LogP) is 3.59. The predicted molar refractivity (Wildman–Crippen MR) is 104 cm³/mol. The highest BCUT2D eigenvalue weighted by molar-refractivity contribution is 6.05. The van der Waals surface area contributed by atoms with Crippen molar-refractivity contribution >= 4 is 22.5 Å². The van der Waals surface area contributed by atoms with E-state index in [1.807, 2.05) is 37.3 Å². The van der Waals surface area contributed by atoms with Gasteiger partial charge in [0.2, 0.25) is 0 Å². The third kappa shape index (κ3) is 3.31. The lowest BCUT2D eigenvalue weighted by Gasteiger charge is -2.09. The molecule has 0 fully saturated rings. The molecule has 27 heavy (non-hydrogen) atoms. The van der Waals surface area contributed by atoms with Gasteiger partial charge in [0, 0.05) is 34.9 Å². The van der Waals surface area contributed by atoms with E-state index in [1.54, 1.807) is 10.7 Å². The van der Waals surface area contributed by atoms with E-state index in [2.05, 4.69) is 44.6 Å². The van der Waals surface area contributed by atoms with Crippen molar-refractivity contribution in [1.82, 2.24) is 24.8 Å². The Morgan fingerprint density at radius 1 is 1.15 bits per heavy atom. The van der Waals surface area contributed by atoms with Gasteiger partial charge in [-0.2, -0.15) is 0 Å². The molecular weight excluding hydrogens is 340 g/mol. The number of nitrogens with zero attached hydrogens (tertiary/aromatic N) is 5. The standard InChI is InChI=1S/C20H20N6O/c1-3-9-25-10-8-15-12-17(5-7-19(15)25)22-20(27)16-4-6-18(14(2)11-16)26-13-21-23-24-26/h4-8,10-13H,3,9H2,1-2H3,(H,22,27). The highest BCUT2D eigenvalue weighted by atomic mass is 16.1. The van der Waals surface area contributed by atoms with Crippen LogP contribution in [0.2, 0.25) is 0 Å². The van der Waals surface area contributed by atoms with Crippen molar-refractivity contribution in [3.63, 3.8) is 0 Å². The molecule has 0 aliphatic carbocycles. The van der Waals surface area contributed by atoms with Crippen molar-refractivity contribution in [2.24, 2.45) is 0 Å². The van der Waals surface area contributed by atoms with E-state index in [0.29, 0.717) is 5.56 Å². The van der Waals surface area contributed by atoms with Crippen molar-refractivity contribution < 1.29 is 4.79 Å². The smallest absolute Gasteiger partial charge is 0.255 e. The fraction of sp³-hybridized carbons (Fsp3) is 0.200. The van der Waals surface area contributed by atoms with Gasteiger partial charge in [0.15, 0.2) is 0 Å². The molecule has 0 saturated carbocycles. The minimum absolute atomic E-state index is 0.145. The Balaban J connectivity index is 1.55. The van der Waals surface area contributed by atoms with Crippen LogP contribution in [0.5, 0.6) is 0 Å². The van der Waals surface area contributed by atoms with Gasteiger partial charge in [-0.3, -0.25) is 4.79 Å². The Morgan fingerprint density at radius 3 is 2.78 bits per heavy atom. The first-order valence-corrected chi connectivity index (χ1v) is 8.90. The molecule has 0 radical (unpaired) electrons. The van der Waals surface area contributed by atoms with Crippen LogP contribution >= 0.6 is 0 Å². The number of nitrogens with one attached hydrogen (secondary N) is 1. The number of carbonyl (C=O) groups excluding carboxylic acids is 1. The molecule has 7 heteroatoms. The second-order valence-corrected chi connectivity index (χ2v) is 6.49. The van der Waals surface area contributed by atoms with Crippen LogP contribution < -0.4 is 5.32 Å². The molecule has 0 aliphatic rings. The summed E-state index contributed by atoms with van der Waals surface area (Å²) in [5.41, 5.74) is 4.31. The van der Waals surface area contributed by atoms with E-state index in [1.165, 1.54) is 11.8 Å². The lowest BCUT2D eigenvalue weighted by molar-refractivity contribution is 0.102. The molecule has 0 aliphatic heterocycles. The first-order chi connectivity index (χ1) is 13.2. The molecule has 2 aromatic heterocycles. The molecule has 0 unspecified atom stereocenters. The zero-order valence-electron chi connectivity index (χ0n) is 15.3. The third-order valence-electron chi connectivity index (χ3n) is 4.55. The Morgan fingerprint density at radius 2 is 2.04 bits per heavy atom. The van der Waals surface area contributed by atoms with Crippen LogP contribution in [0.4, 0.5) is 5.69 Å². The maximum absolute atomic E-state index is 12.6. The Hall–Kier alpha value is -3.48. The summed E-state index contributed by atoms with van der Waals surface area (Å²) < 4.78 is 3.80. The number of tetrazole rings is 1. The average Bonchev–Trinajstić information content (AvgIpc) is 3.32. The van der Waals surface area contributed by atoms with Gasteiger partial charge in [0.25, 0.3) is 5.91 Å². The van der Waals surface area contributed by atoms with Gasteiger partial charge in [-0.25, -0.2) is 4.68 Å². The van der Waals surface area contributed by atoms with Gasteiger partial charge in [0.1, 0.15) is 6.33 Å².